The van der Waals surface area contributed by atoms with Crippen molar-refractivity contribution in [2.45, 2.75) is 0 Å². The second-order valence-electron chi connectivity index (χ2n) is 7.31. The van der Waals surface area contributed by atoms with Gasteiger partial charge in [0.1, 0.15) is 5.01 Å². The van der Waals surface area contributed by atoms with Gasteiger partial charge >= 0.3 is 0 Å². The lowest BCUT2D eigenvalue weighted by Gasteiger charge is -2.00. The Bertz CT molecular complexity index is 1550. The van der Waals surface area contributed by atoms with Crippen LogP contribution in [0.2, 0.25) is 0 Å². The quantitative estimate of drug-likeness (QED) is 0.360. The summed E-state index contributed by atoms with van der Waals surface area (Å²) in [5.74, 6) is 0.699. The zero-order valence-corrected chi connectivity index (χ0v) is 18.2. The number of hydrogen-bond donors (Lipinski definition) is 0. The minimum absolute atomic E-state index is 0.699. The Balaban J connectivity index is 1.39. The standard InChI is InChI=1S/C25H17N7S/c1-3-7-18(8-4-1)23-20(17-31(30-23)21-9-5-2-6-10-21)11-12-22-29-32-24(27-28-25(32)33-22)19-13-15-26-16-14-19/h1-17H/b12-11+. The van der Waals surface area contributed by atoms with E-state index in [2.05, 4.69) is 27.3 Å². The Morgan fingerprint density at radius 3 is 2.27 bits per heavy atom. The van der Waals surface area contributed by atoms with Crippen molar-refractivity contribution >= 4 is 28.4 Å². The summed E-state index contributed by atoms with van der Waals surface area (Å²) in [5, 5.41) is 19.0. The van der Waals surface area contributed by atoms with Crippen molar-refractivity contribution in [1.29, 1.82) is 0 Å². The second-order valence-corrected chi connectivity index (χ2v) is 8.29. The zero-order valence-electron chi connectivity index (χ0n) is 17.4. The van der Waals surface area contributed by atoms with Crippen LogP contribution < -0.4 is 0 Å². The molecule has 4 aromatic heterocycles. The summed E-state index contributed by atoms with van der Waals surface area (Å²) in [6.07, 6.45) is 9.55. The number of rotatable bonds is 5. The SMILES string of the molecule is C(=C\c1cn(-c2ccccc2)nc1-c1ccccc1)/c1nn2c(-c3ccncc3)nnc2s1. The summed E-state index contributed by atoms with van der Waals surface area (Å²) in [7, 11) is 0. The number of pyridine rings is 1. The Kier molecular flexibility index (Phi) is 4.82. The molecular weight excluding hydrogens is 430 g/mol. The fourth-order valence-corrected chi connectivity index (χ4v) is 4.32. The molecule has 6 aromatic rings. The Hall–Kier alpha value is -4.43. The van der Waals surface area contributed by atoms with E-state index in [0.29, 0.717) is 5.82 Å². The van der Waals surface area contributed by atoms with E-state index < -0.39 is 0 Å². The van der Waals surface area contributed by atoms with Crippen molar-refractivity contribution in [2.75, 3.05) is 0 Å². The molecule has 4 heterocycles. The van der Waals surface area contributed by atoms with Gasteiger partial charge in [-0.3, -0.25) is 4.98 Å². The zero-order chi connectivity index (χ0) is 22.0. The summed E-state index contributed by atoms with van der Waals surface area (Å²) >= 11 is 1.49. The van der Waals surface area contributed by atoms with Gasteiger partial charge in [0, 0.05) is 35.3 Å². The van der Waals surface area contributed by atoms with Gasteiger partial charge in [0.2, 0.25) is 4.96 Å². The van der Waals surface area contributed by atoms with Gasteiger partial charge in [-0.15, -0.1) is 10.2 Å². The molecule has 0 spiro atoms. The predicted octanol–water partition coefficient (Wildman–Crippen LogP) is 5.27. The van der Waals surface area contributed by atoms with Gasteiger partial charge in [-0.2, -0.15) is 14.7 Å². The molecular formula is C25H17N7S. The molecule has 0 N–H and O–H groups in total. The maximum absolute atomic E-state index is 4.86. The molecule has 0 aliphatic heterocycles. The minimum Gasteiger partial charge on any atom is -0.265 e. The largest absolute Gasteiger partial charge is 0.265 e. The van der Waals surface area contributed by atoms with Gasteiger partial charge in [0.15, 0.2) is 5.82 Å². The van der Waals surface area contributed by atoms with Crippen molar-refractivity contribution < 1.29 is 0 Å². The van der Waals surface area contributed by atoms with E-state index in [4.69, 9.17) is 10.2 Å². The van der Waals surface area contributed by atoms with Crippen molar-refractivity contribution in [3.63, 3.8) is 0 Å². The first kappa shape index (κ1) is 19.3. The maximum Gasteiger partial charge on any atom is 0.235 e. The molecule has 0 bridgehead atoms. The third kappa shape index (κ3) is 3.72. The normalized spacial score (nSPS) is 11.5. The molecule has 0 saturated carbocycles. The van der Waals surface area contributed by atoms with Crippen LogP contribution in [0.15, 0.2) is 91.4 Å². The number of para-hydroxylation sites is 1. The van der Waals surface area contributed by atoms with Crippen LogP contribution in [-0.4, -0.2) is 34.6 Å². The lowest BCUT2D eigenvalue weighted by Crippen LogP contribution is -1.93. The van der Waals surface area contributed by atoms with E-state index in [1.807, 2.05) is 83.7 Å². The first-order valence-electron chi connectivity index (χ1n) is 10.4. The Morgan fingerprint density at radius 1 is 0.727 bits per heavy atom. The summed E-state index contributed by atoms with van der Waals surface area (Å²) < 4.78 is 3.67. The van der Waals surface area contributed by atoms with Crippen molar-refractivity contribution in [2.24, 2.45) is 0 Å². The van der Waals surface area contributed by atoms with E-state index in [9.17, 15) is 0 Å². The number of nitrogens with zero attached hydrogens (tertiary/aromatic N) is 7. The predicted molar refractivity (Wildman–Crippen MR) is 130 cm³/mol. The Morgan fingerprint density at radius 2 is 1.48 bits per heavy atom. The van der Waals surface area contributed by atoms with Gasteiger partial charge in [-0.25, -0.2) is 4.68 Å². The van der Waals surface area contributed by atoms with E-state index >= 15 is 0 Å². The molecule has 0 radical (unpaired) electrons. The fraction of sp³-hybridized carbons (Fsp3) is 0. The molecule has 8 heteroatoms. The highest BCUT2D eigenvalue weighted by molar-refractivity contribution is 7.17. The van der Waals surface area contributed by atoms with Crippen LogP contribution in [-0.2, 0) is 0 Å². The molecule has 0 aliphatic rings. The van der Waals surface area contributed by atoms with Crippen LogP contribution in [0.4, 0.5) is 0 Å². The van der Waals surface area contributed by atoms with Crippen LogP contribution in [0.5, 0.6) is 0 Å². The number of benzene rings is 2. The lowest BCUT2D eigenvalue weighted by atomic mass is 10.1. The van der Waals surface area contributed by atoms with Crippen molar-refractivity contribution in [3.05, 3.63) is 102 Å². The molecule has 0 aliphatic carbocycles. The number of fused-ring (bicyclic) bond motifs is 1. The van der Waals surface area contributed by atoms with Crippen LogP contribution >= 0.6 is 11.3 Å². The van der Waals surface area contributed by atoms with Crippen LogP contribution in [0.1, 0.15) is 10.6 Å². The van der Waals surface area contributed by atoms with E-state index in [-0.39, 0.29) is 0 Å². The molecule has 6 rings (SSSR count). The third-order valence-electron chi connectivity index (χ3n) is 5.16. The fourth-order valence-electron chi connectivity index (χ4n) is 3.58. The highest BCUT2D eigenvalue weighted by Gasteiger charge is 2.13. The highest BCUT2D eigenvalue weighted by Crippen LogP contribution is 2.27. The van der Waals surface area contributed by atoms with Crippen LogP contribution in [0.3, 0.4) is 0 Å². The number of aromatic nitrogens is 7. The average molecular weight is 448 g/mol. The molecule has 0 atom stereocenters. The molecule has 0 saturated heterocycles. The van der Waals surface area contributed by atoms with Gasteiger partial charge < -0.3 is 0 Å². The van der Waals surface area contributed by atoms with Gasteiger partial charge in [0.05, 0.1) is 11.4 Å². The van der Waals surface area contributed by atoms with Crippen LogP contribution in [0, 0.1) is 0 Å². The first-order valence-corrected chi connectivity index (χ1v) is 11.2. The van der Waals surface area contributed by atoms with Crippen LogP contribution in [0.25, 0.3) is 45.4 Å². The summed E-state index contributed by atoms with van der Waals surface area (Å²) in [6, 6.07) is 24.1. The molecule has 0 unspecified atom stereocenters. The van der Waals surface area contributed by atoms with Crippen molar-refractivity contribution in [3.8, 4) is 28.3 Å². The number of hydrogen-bond acceptors (Lipinski definition) is 6. The van der Waals surface area contributed by atoms with Gasteiger partial charge in [-0.1, -0.05) is 59.9 Å². The molecule has 0 amide bonds. The van der Waals surface area contributed by atoms with E-state index in [1.165, 1.54) is 11.3 Å². The maximum atomic E-state index is 4.86. The topological polar surface area (TPSA) is 73.8 Å². The van der Waals surface area contributed by atoms with Gasteiger partial charge in [0.25, 0.3) is 0 Å². The molecule has 2 aromatic carbocycles. The van der Waals surface area contributed by atoms with E-state index in [1.54, 1.807) is 16.9 Å². The van der Waals surface area contributed by atoms with E-state index in [0.717, 1.165) is 38.0 Å². The Labute approximate surface area is 193 Å². The first-order chi connectivity index (χ1) is 16.3. The molecule has 0 fully saturated rings. The highest BCUT2D eigenvalue weighted by atomic mass is 32.1. The monoisotopic (exact) mass is 447 g/mol. The molecule has 158 valence electrons. The summed E-state index contributed by atoms with van der Waals surface area (Å²) in [5.41, 5.74) is 4.91. The minimum atomic E-state index is 0.699. The summed E-state index contributed by atoms with van der Waals surface area (Å²) in [6.45, 7) is 0. The second kappa shape index (κ2) is 8.25. The average Bonchev–Trinajstić information content (AvgIpc) is 3.59. The third-order valence-corrected chi connectivity index (χ3v) is 6.03. The lowest BCUT2D eigenvalue weighted by molar-refractivity contribution is 0.884. The molecule has 33 heavy (non-hydrogen) atoms. The van der Waals surface area contributed by atoms with Gasteiger partial charge in [-0.05, 0) is 36.4 Å². The molecule has 7 nitrogen and oxygen atoms in total. The smallest absolute Gasteiger partial charge is 0.235 e. The summed E-state index contributed by atoms with van der Waals surface area (Å²) in [4.78, 5) is 4.81. The van der Waals surface area contributed by atoms with Crippen molar-refractivity contribution in [1.82, 2.24) is 34.6 Å².